The van der Waals surface area contributed by atoms with Crippen LogP contribution in [0.2, 0.25) is 0 Å². The third-order valence-corrected chi connectivity index (χ3v) is 2.28. The standard InChI is InChI=1S/C4H8BrNOS/c5-3-4(7)8-2-1-6/h1-3,6H2. The van der Waals surface area contributed by atoms with E-state index in [0.29, 0.717) is 11.9 Å². The van der Waals surface area contributed by atoms with E-state index in [4.69, 9.17) is 5.73 Å². The first-order valence-electron chi connectivity index (χ1n) is 2.23. The van der Waals surface area contributed by atoms with Crippen LogP contribution in [-0.2, 0) is 4.79 Å². The van der Waals surface area contributed by atoms with Gasteiger partial charge in [0.15, 0.2) is 5.12 Å². The van der Waals surface area contributed by atoms with Gasteiger partial charge in [0.25, 0.3) is 0 Å². The molecule has 0 aromatic heterocycles. The first kappa shape index (κ1) is 8.46. The highest BCUT2D eigenvalue weighted by Gasteiger charge is 1.95. The van der Waals surface area contributed by atoms with Gasteiger partial charge in [0.1, 0.15) is 0 Å². The van der Waals surface area contributed by atoms with Crippen molar-refractivity contribution in [3.8, 4) is 0 Å². The van der Waals surface area contributed by atoms with E-state index in [1.165, 1.54) is 11.8 Å². The largest absolute Gasteiger partial charge is 0.330 e. The number of hydrogen-bond acceptors (Lipinski definition) is 3. The maximum atomic E-state index is 10.4. The number of alkyl halides is 1. The lowest BCUT2D eigenvalue weighted by Crippen LogP contribution is -2.04. The minimum atomic E-state index is 0.149. The molecule has 0 atom stereocenters. The van der Waals surface area contributed by atoms with E-state index in [-0.39, 0.29) is 5.12 Å². The van der Waals surface area contributed by atoms with Gasteiger partial charge in [-0.3, -0.25) is 4.79 Å². The van der Waals surface area contributed by atoms with E-state index in [2.05, 4.69) is 15.9 Å². The average molecular weight is 198 g/mol. The molecule has 0 rings (SSSR count). The number of carbonyl (C=O) groups is 1. The van der Waals surface area contributed by atoms with Gasteiger partial charge in [-0.05, 0) is 0 Å². The third-order valence-electron chi connectivity index (χ3n) is 0.490. The highest BCUT2D eigenvalue weighted by Crippen LogP contribution is 2.01. The normalized spacial score (nSPS) is 9.25. The van der Waals surface area contributed by atoms with Gasteiger partial charge in [0, 0.05) is 12.3 Å². The highest BCUT2D eigenvalue weighted by molar-refractivity contribution is 9.09. The molecule has 0 spiro atoms. The Morgan fingerprint density at radius 1 is 1.75 bits per heavy atom. The van der Waals surface area contributed by atoms with E-state index < -0.39 is 0 Å². The predicted molar refractivity (Wildman–Crippen MR) is 40.3 cm³/mol. The number of halogens is 1. The summed E-state index contributed by atoms with van der Waals surface area (Å²) in [5.74, 6) is 0.727. The van der Waals surface area contributed by atoms with Crippen molar-refractivity contribution in [2.24, 2.45) is 5.73 Å². The van der Waals surface area contributed by atoms with Gasteiger partial charge in [-0.25, -0.2) is 0 Å². The second-order valence-corrected chi connectivity index (χ2v) is 2.86. The van der Waals surface area contributed by atoms with Crippen molar-refractivity contribution in [1.29, 1.82) is 0 Å². The third kappa shape index (κ3) is 4.61. The minimum absolute atomic E-state index is 0.149. The van der Waals surface area contributed by atoms with Gasteiger partial charge in [-0.1, -0.05) is 27.7 Å². The van der Waals surface area contributed by atoms with Crippen LogP contribution in [0, 0.1) is 0 Å². The first-order valence-corrected chi connectivity index (χ1v) is 4.33. The summed E-state index contributed by atoms with van der Waals surface area (Å²) in [4.78, 5) is 10.4. The summed E-state index contributed by atoms with van der Waals surface area (Å²) < 4.78 is 0. The Morgan fingerprint density at radius 3 is 2.75 bits per heavy atom. The number of rotatable bonds is 3. The highest BCUT2D eigenvalue weighted by atomic mass is 79.9. The Morgan fingerprint density at radius 2 is 2.38 bits per heavy atom. The lowest BCUT2D eigenvalue weighted by molar-refractivity contribution is -0.108. The molecular formula is C4H8BrNOS. The summed E-state index contributed by atoms with van der Waals surface area (Å²) in [6.07, 6.45) is 0. The first-order chi connectivity index (χ1) is 3.81. The maximum Gasteiger partial charge on any atom is 0.199 e. The quantitative estimate of drug-likeness (QED) is 0.675. The van der Waals surface area contributed by atoms with E-state index in [0.717, 1.165) is 5.75 Å². The Kier molecular flexibility index (Phi) is 5.92. The van der Waals surface area contributed by atoms with Crippen LogP contribution in [0.1, 0.15) is 0 Å². The van der Waals surface area contributed by atoms with Gasteiger partial charge >= 0.3 is 0 Å². The molecule has 0 radical (unpaired) electrons. The van der Waals surface area contributed by atoms with E-state index in [1.807, 2.05) is 0 Å². The molecule has 2 N–H and O–H groups in total. The molecule has 0 heterocycles. The van der Waals surface area contributed by atoms with Crippen LogP contribution < -0.4 is 5.73 Å². The number of hydrogen-bond donors (Lipinski definition) is 1. The molecule has 4 heteroatoms. The second-order valence-electron chi connectivity index (χ2n) is 1.14. The molecule has 0 fully saturated rings. The van der Waals surface area contributed by atoms with Crippen molar-refractivity contribution in [2.45, 2.75) is 0 Å². The second kappa shape index (κ2) is 5.59. The van der Waals surface area contributed by atoms with Gasteiger partial charge < -0.3 is 5.73 Å². The van der Waals surface area contributed by atoms with Crippen molar-refractivity contribution >= 4 is 32.8 Å². The summed E-state index contributed by atoms with van der Waals surface area (Å²) in [7, 11) is 0. The molecule has 8 heavy (non-hydrogen) atoms. The fourth-order valence-corrected chi connectivity index (χ4v) is 1.12. The molecule has 0 aromatic carbocycles. The zero-order chi connectivity index (χ0) is 6.41. The van der Waals surface area contributed by atoms with Crippen molar-refractivity contribution in [2.75, 3.05) is 17.6 Å². The van der Waals surface area contributed by atoms with Gasteiger partial charge in [0.2, 0.25) is 0 Å². The van der Waals surface area contributed by atoms with Crippen LogP contribution >= 0.6 is 27.7 Å². The molecule has 48 valence electrons. The van der Waals surface area contributed by atoms with Crippen LogP contribution in [0.25, 0.3) is 0 Å². The van der Waals surface area contributed by atoms with Crippen LogP contribution in [0.3, 0.4) is 0 Å². The molecule has 0 unspecified atom stereocenters. The van der Waals surface area contributed by atoms with Crippen LogP contribution in [-0.4, -0.2) is 22.7 Å². The zero-order valence-electron chi connectivity index (χ0n) is 4.39. The monoisotopic (exact) mass is 197 g/mol. The topological polar surface area (TPSA) is 43.1 Å². The Hall–Kier alpha value is 0.460. The SMILES string of the molecule is NCCSC(=O)CBr. The molecular weight excluding hydrogens is 190 g/mol. The van der Waals surface area contributed by atoms with Crippen molar-refractivity contribution < 1.29 is 4.79 Å². The Labute approximate surface area is 61.3 Å². The van der Waals surface area contributed by atoms with Crippen LogP contribution in [0.5, 0.6) is 0 Å². The van der Waals surface area contributed by atoms with Gasteiger partial charge in [0.05, 0.1) is 5.33 Å². The summed E-state index contributed by atoms with van der Waals surface area (Å²) in [5.41, 5.74) is 5.14. The predicted octanol–water partition coefficient (Wildman–Crippen LogP) is 0.600. The van der Waals surface area contributed by atoms with E-state index >= 15 is 0 Å². The maximum absolute atomic E-state index is 10.4. The Bertz CT molecular complexity index is 78.4. The number of nitrogens with two attached hydrogens (primary N) is 1. The van der Waals surface area contributed by atoms with Crippen LogP contribution in [0.4, 0.5) is 0 Å². The van der Waals surface area contributed by atoms with Gasteiger partial charge in [-0.15, -0.1) is 0 Å². The van der Waals surface area contributed by atoms with Crippen LogP contribution in [0.15, 0.2) is 0 Å². The van der Waals surface area contributed by atoms with Crippen molar-refractivity contribution in [3.63, 3.8) is 0 Å². The summed E-state index contributed by atoms with van der Waals surface area (Å²) in [5, 5.41) is 0.577. The lowest BCUT2D eigenvalue weighted by atomic mass is 10.8. The summed E-state index contributed by atoms with van der Waals surface area (Å²) in [6, 6.07) is 0. The fraction of sp³-hybridized carbons (Fsp3) is 0.750. The number of thioether (sulfide) groups is 1. The molecule has 0 aliphatic heterocycles. The average Bonchev–Trinajstić information content (AvgIpc) is 1.83. The van der Waals surface area contributed by atoms with E-state index in [1.54, 1.807) is 0 Å². The molecule has 2 nitrogen and oxygen atoms in total. The van der Waals surface area contributed by atoms with Crippen molar-refractivity contribution in [1.82, 2.24) is 0 Å². The zero-order valence-corrected chi connectivity index (χ0v) is 6.80. The molecule has 0 aliphatic rings. The Balaban J connectivity index is 2.99. The molecule has 0 amide bonds. The molecule has 0 bridgehead atoms. The summed E-state index contributed by atoms with van der Waals surface area (Å²) in [6.45, 7) is 0.573. The summed E-state index contributed by atoms with van der Waals surface area (Å²) >= 11 is 4.30. The lowest BCUT2D eigenvalue weighted by Gasteiger charge is -1.90. The van der Waals surface area contributed by atoms with Crippen molar-refractivity contribution in [3.05, 3.63) is 0 Å². The fourth-order valence-electron chi connectivity index (χ4n) is 0.211. The number of carbonyl (C=O) groups excluding carboxylic acids is 1. The van der Waals surface area contributed by atoms with E-state index in [9.17, 15) is 4.79 Å². The molecule has 0 aliphatic carbocycles. The van der Waals surface area contributed by atoms with Gasteiger partial charge in [-0.2, -0.15) is 0 Å². The minimum Gasteiger partial charge on any atom is -0.330 e. The molecule has 0 saturated carbocycles. The molecule has 0 aromatic rings. The molecule has 0 saturated heterocycles. The smallest absolute Gasteiger partial charge is 0.199 e.